The fourth-order valence-electron chi connectivity index (χ4n) is 1.62. The molecule has 0 unspecified atom stereocenters. The van der Waals surface area contributed by atoms with Crippen LogP contribution in [0.5, 0.6) is 0 Å². The van der Waals surface area contributed by atoms with Crippen LogP contribution >= 0.6 is 11.6 Å². The highest BCUT2D eigenvalue weighted by Gasteiger charge is 2.21. The van der Waals surface area contributed by atoms with Crippen molar-refractivity contribution in [3.05, 3.63) is 28.8 Å². The molecule has 0 spiro atoms. The SMILES string of the molecule is C[C@H](NC(=O)OC(C)(C)C)c1cc(B(O)O)ccc1Cl. The summed E-state index contributed by atoms with van der Waals surface area (Å²) in [7, 11) is -1.58. The lowest BCUT2D eigenvalue weighted by Crippen LogP contribution is -2.35. The monoisotopic (exact) mass is 299 g/mol. The van der Waals surface area contributed by atoms with E-state index < -0.39 is 24.9 Å². The van der Waals surface area contributed by atoms with Crippen molar-refractivity contribution in [2.45, 2.75) is 39.3 Å². The van der Waals surface area contributed by atoms with Gasteiger partial charge in [0.2, 0.25) is 0 Å². The van der Waals surface area contributed by atoms with Crippen molar-refractivity contribution < 1.29 is 19.6 Å². The lowest BCUT2D eigenvalue weighted by Gasteiger charge is -2.22. The molecule has 20 heavy (non-hydrogen) atoms. The molecule has 0 aliphatic carbocycles. The number of hydrogen-bond donors (Lipinski definition) is 3. The van der Waals surface area contributed by atoms with Gasteiger partial charge in [-0.15, -0.1) is 0 Å². The van der Waals surface area contributed by atoms with E-state index in [4.69, 9.17) is 26.4 Å². The zero-order chi connectivity index (χ0) is 15.5. The average Bonchev–Trinajstić information content (AvgIpc) is 2.26. The Morgan fingerprint density at radius 2 is 2.00 bits per heavy atom. The third-order valence-corrected chi connectivity index (χ3v) is 2.86. The molecule has 0 saturated carbocycles. The van der Waals surface area contributed by atoms with E-state index in [0.29, 0.717) is 16.0 Å². The predicted molar refractivity (Wildman–Crippen MR) is 79.1 cm³/mol. The maximum atomic E-state index is 11.7. The van der Waals surface area contributed by atoms with E-state index in [-0.39, 0.29) is 0 Å². The van der Waals surface area contributed by atoms with E-state index in [1.807, 2.05) is 0 Å². The highest BCUT2D eigenvalue weighted by atomic mass is 35.5. The Morgan fingerprint density at radius 1 is 1.40 bits per heavy atom. The van der Waals surface area contributed by atoms with Crippen LogP contribution in [-0.4, -0.2) is 28.9 Å². The smallest absolute Gasteiger partial charge is 0.444 e. The van der Waals surface area contributed by atoms with E-state index in [1.165, 1.54) is 12.1 Å². The summed E-state index contributed by atoms with van der Waals surface area (Å²) in [5, 5.41) is 21.4. The molecule has 1 rings (SSSR count). The molecule has 7 heteroatoms. The number of hydrogen-bond acceptors (Lipinski definition) is 4. The molecule has 0 aromatic heterocycles. The van der Waals surface area contributed by atoms with E-state index in [9.17, 15) is 4.79 Å². The molecular formula is C13H19BClNO4. The minimum Gasteiger partial charge on any atom is -0.444 e. The molecule has 3 N–H and O–H groups in total. The number of nitrogens with one attached hydrogen (secondary N) is 1. The first-order valence-electron chi connectivity index (χ1n) is 6.25. The first kappa shape index (κ1) is 16.8. The average molecular weight is 300 g/mol. The second kappa shape index (κ2) is 6.48. The van der Waals surface area contributed by atoms with Gasteiger partial charge >= 0.3 is 13.2 Å². The lowest BCUT2D eigenvalue weighted by atomic mass is 9.79. The molecule has 1 atom stereocenters. The van der Waals surface area contributed by atoms with Crippen molar-refractivity contribution in [2.24, 2.45) is 0 Å². The molecule has 0 heterocycles. The summed E-state index contributed by atoms with van der Waals surface area (Å²) in [6.07, 6.45) is -0.559. The Kier molecular flexibility index (Phi) is 5.45. The lowest BCUT2D eigenvalue weighted by molar-refractivity contribution is 0.0508. The van der Waals surface area contributed by atoms with Crippen LogP contribution in [0.15, 0.2) is 18.2 Å². The number of benzene rings is 1. The third kappa shape index (κ3) is 5.04. The van der Waals surface area contributed by atoms with Gasteiger partial charge in [-0.25, -0.2) is 4.79 Å². The van der Waals surface area contributed by atoms with Gasteiger partial charge in [-0.1, -0.05) is 23.7 Å². The summed E-state index contributed by atoms with van der Waals surface area (Å²) in [5.74, 6) is 0. The summed E-state index contributed by atoms with van der Waals surface area (Å²) < 4.78 is 5.16. The Morgan fingerprint density at radius 3 is 2.50 bits per heavy atom. The van der Waals surface area contributed by atoms with Crippen LogP contribution in [0, 0.1) is 0 Å². The number of ether oxygens (including phenoxy) is 1. The van der Waals surface area contributed by atoms with Crippen molar-refractivity contribution in [2.75, 3.05) is 0 Å². The van der Waals surface area contributed by atoms with Crippen molar-refractivity contribution in [3.63, 3.8) is 0 Å². The number of halogens is 1. The minimum absolute atomic E-state index is 0.308. The van der Waals surface area contributed by atoms with Gasteiger partial charge < -0.3 is 20.1 Å². The minimum atomic E-state index is -1.58. The zero-order valence-corrected chi connectivity index (χ0v) is 12.7. The number of carbonyl (C=O) groups is 1. The van der Waals surface area contributed by atoms with Crippen LogP contribution < -0.4 is 10.8 Å². The highest BCUT2D eigenvalue weighted by Crippen LogP contribution is 2.22. The van der Waals surface area contributed by atoms with Gasteiger partial charge in [0.15, 0.2) is 0 Å². The van der Waals surface area contributed by atoms with Crippen LogP contribution in [-0.2, 0) is 4.74 Å². The van der Waals surface area contributed by atoms with E-state index in [2.05, 4.69) is 5.32 Å². The van der Waals surface area contributed by atoms with E-state index >= 15 is 0 Å². The van der Waals surface area contributed by atoms with Gasteiger partial charge in [-0.3, -0.25) is 0 Å². The van der Waals surface area contributed by atoms with Crippen LogP contribution in [0.2, 0.25) is 5.02 Å². The van der Waals surface area contributed by atoms with E-state index in [0.717, 1.165) is 0 Å². The second-order valence-electron chi connectivity index (χ2n) is 5.52. The van der Waals surface area contributed by atoms with Gasteiger partial charge in [0.1, 0.15) is 5.60 Å². The second-order valence-corrected chi connectivity index (χ2v) is 5.93. The maximum Gasteiger partial charge on any atom is 0.488 e. The summed E-state index contributed by atoms with van der Waals surface area (Å²) in [5.41, 5.74) is 0.307. The summed E-state index contributed by atoms with van der Waals surface area (Å²) >= 11 is 6.06. The molecule has 0 bridgehead atoms. The number of alkyl carbamates (subject to hydrolysis) is 1. The van der Waals surface area contributed by atoms with Crippen LogP contribution in [0.25, 0.3) is 0 Å². The fourth-order valence-corrected chi connectivity index (χ4v) is 1.90. The normalized spacial score (nSPS) is 12.8. The van der Waals surface area contributed by atoms with Crippen molar-refractivity contribution in [1.29, 1.82) is 0 Å². The molecule has 5 nitrogen and oxygen atoms in total. The molecule has 0 aliphatic heterocycles. The molecular weight excluding hydrogens is 280 g/mol. The Labute approximate surface area is 124 Å². The maximum absolute atomic E-state index is 11.7. The van der Waals surface area contributed by atoms with Crippen LogP contribution in [0.1, 0.15) is 39.3 Å². The molecule has 0 radical (unpaired) electrons. The van der Waals surface area contributed by atoms with Gasteiger partial charge in [-0.05, 0) is 44.8 Å². The number of amides is 1. The van der Waals surface area contributed by atoms with Gasteiger partial charge in [-0.2, -0.15) is 0 Å². The number of carbonyl (C=O) groups excluding carboxylic acids is 1. The molecule has 0 fully saturated rings. The van der Waals surface area contributed by atoms with Gasteiger partial charge in [0.05, 0.1) is 6.04 Å². The number of rotatable bonds is 3. The molecule has 0 aliphatic rings. The van der Waals surface area contributed by atoms with Gasteiger partial charge in [0, 0.05) is 5.02 Å². The first-order valence-corrected chi connectivity index (χ1v) is 6.63. The zero-order valence-electron chi connectivity index (χ0n) is 12.0. The Balaban J connectivity index is 2.84. The van der Waals surface area contributed by atoms with Crippen molar-refractivity contribution in [3.8, 4) is 0 Å². The molecule has 1 aromatic carbocycles. The Bertz CT molecular complexity index is 488. The molecule has 0 saturated heterocycles. The topological polar surface area (TPSA) is 78.8 Å². The fraction of sp³-hybridized carbons (Fsp3) is 0.462. The molecule has 1 amide bonds. The highest BCUT2D eigenvalue weighted by molar-refractivity contribution is 6.58. The standard InChI is InChI=1S/C13H19BClNO4/c1-8(16-12(17)20-13(2,3)4)10-7-9(14(18)19)5-6-11(10)15/h5-8,18-19H,1-4H3,(H,16,17)/t8-/m0/s1. The summed E-state index contributed by atoms with van der Waals surface area (Å²) in [4.78, 5) is 11.7. The quantitative estimate of drug-likeness (QED) is 0.741. The summed E-state index contributed by atoms with van der Waals surface area (Å²) in [6.45, 7) is 7.05. The Hall–Kier alpha value is -1.24. The van der Waals surface area contributed by atoms with Crippen molar-refractivity contribution in [1.82, 2.24) is 5.32 Å². The van der Waals surface area contributed by atoms with Gasteiger partial charge in [0.25, 0.3) is 0 Å². The van der Waals surface area contributed by atoms with Crippen molar-refractivity contribution >= 4 is 30.3 Å². The molecule has 110 valence electrons. The van der Waals surface area contributed by atoms with Crippen LogP contribution in [0.3, 0.4) is 0 Å². The predicted octanol–water partition coefficient (Wildman–Crippen LogP) is 1.61. The third-order valence-electron chi connectivity index (χ3n) is 2.52. The molecule has 1 aromatic rings. The first-order chi connectivity index (χ1) is 9.10. The van der Waals surface area contributed by atoms with Crippen LogP contribution in [0.4, 0.5) is 4.79 Å². The van der Waals surface area contributed by atoms with E-state index in [1.54, 1.807) is 33.8 Å². The summed E-state index contributed by atoms with van der Waals surface area (Å²) in [6, 6.07) is 4.18. The largest absolute Gasteiger partial charge is 0.488 e.